The zero-order valence-electron chi connectivity index (χ0n) is 16.7. The maximum absolute atomic E-state index is 12.8. The van der Waals surface area contributed by atoms with Gasteiger partial charge in [0.05, 0.1) is 11.1 Å². The van der Waals surface area contributed by atoms with Crippen LogP contribution in [-0.4, -0.2) is 51.8 Å². The summed E-state index contributed by atoms with van der Waals surface area (Å²) in [6.07, 6.45) is 0.891. The van der Waals surface area contributed by atoms with Gasteiger partial charge in [-0.3, -0.25) is 19.3 Å². The number of carbonyl (C=O) groups is 5. The summed E-state index contributed by atoms with van der Waals surface area (Å²) in [5.41, 5.74) is 0.0599. The van der Waals surface area contributed by atoms with Crippen molar-refractivity contribution in [3.63, 3.8) is 0 Å². The lowest BCUT2D eigenvalue weighted by Gasteiger charge is -2.21. The maximum Gasteiger partial charge on any atom is 0.353 e. The topological polar surface area (TPSA) is 113 Å². The number of imide groups is 2. The summed E-state index contributed by atoms with van der Waals surface area (Å²) in [5.74, 6) is -3.21. The molecule has 9 nitrogen and oxygen atoms in total. The van der Waals surface area contributed by atoms with Crippen LogP contribution in [0.3, 0.4) is 0 Å². The van der Waals surface area contributed by atoms with Crippen LogP contribution in [-0.2, 0) is 20.8 Å². The Hall–Kier alpha value is -4.01. The Labute approximate surface area is 177 Å². The summed E-state index contributed by atoms with van der Waals surface area (Å²) in [6, 6.07) is 14.8. The third-order valence-electron chi connectivity index (χ3n) is 5.34. The molecular formula is C22H19N3O6. The number of hydrogen-bond acceptors (Lipinski definition) is 6. The van der Waals surface area contributed by atoms with E-state index in [-0.39, 0.29) is 11.1 Å². The summed E-state index contributed by atoms with van der Waals surface area (Å²) in [4.78, 5) is 67.7. The first-order valence-corrected chi connectivity index (χ1v) is 9.67. The van der Waals surface area contributed by atoms with Crippen LogP contribution in [0.5, 0.6) is 0 Å². The van der Waals surface area contributed by atoms with Gasteiger partial charge >= 0.3 is 12.0 Å². The molecule has 2 aliphatic rings. The fourth-order valence-electron chi connectivity index (χ4n) is 3.61. The SMILES string of the molecule is CC1(CCc2ccccc2)NC(=O)N(CC(=O)ON2C(=O)c3ccccc3C2=O)C1=O. The second-order valence-corrected chi connectivity index (χ2v) is 7.55. The first-order chi connectivity index (χ1) is 14.8. The highest BCUT2D eigenvalue weighted by molar-refractivity contribution is 6.21. The summed E-state index contributed by atoms with van der Waals surface area (Å²) in [6.45, 7) is 0.866. The Morgan fingerprint density at radius 1 is 0.935 bits per heavy atom. The number of fused-ring (bicyclic) bond motifs is 1. The Morgan fingerprint density at radius 3 is 2.13 bits per heavy atom. The molecule has 1 fully saturated rings. The minimum Gasteiger partial charge on any atom is -0.328 e. The number of benzene rings is 2. The zero-order valence-corrected chi connectivity index (χ0v) is 16.7. The van der Waals surface area contributed by atoms with Crippen LogP contribution in [0.1, 0.15) is 39.6 Å². The molecule has 0 spiro atoms. The summed E-state index contributed by atoms with van der Waals surface area (Å²) >= 11 is 0. The predicted molar refractivity (Wildman–Crippen MR) is 106 cm³/mol. The average Bonchev–Trinajstić information content (AvgIpc) is 3.13. The summed E-state index contributed by atoms with van der Waals surface area (Å²) in [5, 5.41) is 2.96. The van der Waals surface area contributed by atoms with Crippen LogP contribution >= 0.6 is 0 Å². The van der Waals surface area contributed by atoms with Crippen molar-refractivity contribution in [2.75, 3.05) is 6.54 Å². The lowest BCUT2D eigenvalue weighted by atomic mass is 9.93. The minimum absolute atomic E-state index is 0.115. The van der Waals surface area contributed by atoms with E-state index in [2.05, 4.69) is 5.32 Å². The molecule has 158 valence electrons. The van der Waals surface area contributed by atoms with Crippen molar-refractivity contribution in [2.24, 2.45) is 0 Å². The van der Waals surface area contributed by atoms with Gasteiger partial charge in [-0.1, -0.05) is 47.5 Å². The number of hydrogen-bond donors (Lipinski definition) is 1. The Kier molecular flexibility index (Phi) is 5.02. The van der Waals surface area contributed by atoms with Crippen molar-refractivity contribution in [3.05, 3.63) is 71.3 Å². The highest BCUT2D eigenvalue weighted by Gasteiger charge is 2.48. The van der Waals surface area contributed by atoms with E-state index >= 15 is 0 Å². The summed E-state index contributed by atoms with van der Waals surface area (Å²) < 4.78 is 0. The number of amides is 5. The fourth-order valence-corrected chi connectivity index (χ4v) is 3.61. The molecule has 2 heterocycles. The van der Waals surface area contributed by atoms with E-state index in [0.717, 1.165) is 10.5 Å². The van der Waals surface area contributed by atoms with Crippen LogP contribution in [0, 0.1) is 0 Å². The van der Waals surface area contributed by atoms with Crippen LogP contribution in [0.4, 0.5) is 4.79 Å². The van der Waals surface area contributed by atoms with Crippen molar-refractivity contribution in [1.29, 1.82) is 0 Å². The molecule has 4 rings (SSSR count). The smallest absolute Gasteiger partial charge is 0.328 e. The highest BCUT2D eigenvalue weighted by Crippen LogP contribution is 2.25. The molecule has 2 aromatic carbocycles. The van der Waals surface area contributed by atoms with Crippen molar-refractivity contribution in [2.45, 2.75) is 25.3 Å². The van der Waals surface area contributed by atoms with E-state index in [0.29, 0.717) is 17.9 Å². The Morgan fingerprint density at radius 2 is 1.52 bits per heavy atom. The lowest BCUT2D eigenvalue weighted by Crippen LogP contribution is -2.45. The van der Waals surface area contributed by atoms with Crippen molar-refractivity contribution >= 4 is 29.7 Å². The predicted octanol–water partition coefficient (Wildman–Crippen LogP) is 1.68. The highest BCUT2D eigenvalue weighted by atomic mass is 16.7. The molecule has 1 unspecified atom stereocenters. The molecule has 1 saturated heterocycles. The van der Waals surface area contributed by atoms with Gasteiger partial charge in [0, 0.05) is 0 Å². The molecule has 2 aromatic rings. The van der Waals surface area contributed by atoms with Gasteiger partial charge < -0.3 is 10.2 Å². The van der Waals surface area contributed by atoms with E-state index in [1.165, 1.54) is 12.1 Å². The molecule has 0 aromatic heterocycles. The van der Waals surface area contributed by atoms with Crippen molar-refractivity contribution in [1.82, 2.24) is 15.3 Å². The second kappa shape index (κ2) is 7.67. The van der Waals surface area contributed by atoms with Crippen molar-refractivity contribution in [3.8, 4) is 0 Å². The quantitative estimate of drug-likeness (QED) is 0.561. The number of nitrogens with zero attached hydrogens (tertiary/aromatic N) is 2. The normalized spacial score (nSPS) is 20.2. The Balaban J connectivity index is 1.39. The van der Waals surface area contributed by atoms with Gasteiger partial charge in [-0.05, 0) is 37.5 Å². The van der Waals surface area contributed by atoms with E-state index < -0.39 is 41.8 Å². The largest absolute Gasteiger partial charge is 0.353 e. The molecule has 2 aliphatic heterocycles. The van der Waals surface area contributed by atoms with Crippen LogP contribution in [0.15, 0.2) is 54.6 Å². The van der Waals surface area contributed by atoms with Gasteiger partial charge in [-0.2, -0.15) is 0 Å². The molecule has 1 atom stereocenters. The molecule has 31 heavy (non-hydrogen) atoms. The molecule has 0 aliphatic carbocycles. The Bertz CT molecular complexity index is 1060. The molecule has 0 radical (unpaired) electrons. The number of rotatable bonds is 6. The number of nitrogens with one attached hydrogen (secondary N) is 1. The van der Waals surface area contributed by atoms with Gasteiger partial charge in [0.15, 0.2) is 0 Å². The van der Waals surface area contributed by atoms with E-state index in [1.54, 1.807) is 19.1 Å². The fraction of sp³-hybridized carbons (Fsp3) is 0.227. The van der Waals surface area contributed by atoms with Gasteiger partial charge in [0.25, 0.3) is 17.7 Å². The van der Waals surface area contributed by atoms with Gasteiger partial charge in [-0.25, -0.2) is 9.59 Å². The van der Waals surface area contributed by atoms with Crippen LogP contribution in [0.2, 0.25) is 0 Å². The van der Waals surface area contributed by atoms with Gasteiger partial charge in [-0.15, -0.1) is 0 Å². The average molecular weight is 421 g/mol. The van der Waals surface area contributed by atoms with E-state index in [1.807, 2.05) is 30.3 Å². The van der Waals surface area contributed by atoms with E-state index in [9.17, 15) is 24.0 Å². The monoisotopic (exact) mass is 421 g/mol. The molecule has 0 saturated carbocycles. The number of carbonyl (C=O) groups excluding carboxylic acids is 5. The first-order valence-electron chi connectivity index (χ1n) is 9.67. The second-order valence-electron chi connectivity index (χ2n) is 7.55. The van der Waals surface area contributed by atoms with Crippen LogP contribution in [0.25, 0.3) is 0 Å². The van der Waals surface area contributed by atoms with Crippen molar-refractivity contribution < 1.29 is 28.8 Å². The minimum atomic E-state index is -1.18. The number of aryl methyl sites for hydroxylation is 1. The lowest BCUT2D eigenvalue weighted by molar-refractivity contribution is -0.170. The molecule has 5 amide bonds. The zero-order chi connectivity index (χ0) is 22.2. The molecule has 1 N–H and O–H groups in total. The molecule has 9 heteroatoms. The number of urea groups is 1. The van der Waals surface area contributed by atoms with Gasteiger partial charge in [0.2, 0.25) is 0 Å². The summed E-state index contributed by atoms with van der Waals surface area (Å²) in [7, 11) is 0. The molecule has 0 bridgehead atoms. The number of hydroxylamine groups is 2. The van der Waals surface area contributed by atoms with E-state index in [4.69, 9.17) is 4.84 Å². The third kappa shape index (κ3) is 3.65. The molecular weight excluding hydrogens is 402 g/mol. The van der Waals surface area contributed by atoms with Crippen LogP contribution < -0.4 is 5.32 Å². The first kappa shape index (κ1) is 20.3. The maximum atomic E-state index is 12.8. The third-order valence-corrected chi connectivity index (χ3v) is 5.34. The standard InChI is InChI=1S/C22H19N3O6/c1-22(12-11-14-7-3-2-4-8-14)20(29)24(21(30)23-22)13-17(26)31-25-18(27)15-9-5-6-10-16(15)19(25)28/h2-10H,11-13H2,1H3,(H,23,30). The van der Waals surface area contributed by atoms with Gasteiger partial charge in [0.1, 0.15) is 12.1 Å².